The Morgan fingerprint density at radius 3 is 3.00 bits per heavy atom. The van der Waals surface area contributed by atoms with Gasteiger partial charge in [-0.25, -0.2) is 4.99 Å². The lowest BCUT2D eigenvalue weighted by molar-refractivity contribution is 0.000188. The van der Waals surface area contributed by atoms with Crippen LogP contribution in [0.15, 0.2) is 16.3 Å². The van der Waals surface area contributed by atoms with Crippen LogP contribution in [0, 0.1) is 11.8 Å². The van der Waals surface area contributed by atoms with E-state index in [9.17, 15) is 5.11 Å². The van der Waals surface area contributed by atoms with Crippen molar-refractivity contribution in [2.45, 2.75) is 64.0 Å². The fourth-order valence-electron chi connectivity index (χ4n) is 4.22. The van der Waals surface area contributed by atoms with Gasteiger partial charge in [-0.05, 0) is 49.5 Å². The van der Waals surface area contributed by atoms with Gasteiger partial charge >= 0.3 is 0 Å². The molecule has 1 aliphatic heterocycles. The van der Waals surface area contributed by atoms with Crippen LogP contribution in [0.25, 0.3) is 0 Å². The predicted octanol–water partition coefficient (Wildman–Crippen LogP) is 1.90. The molecule has 0 bridgehead atoms. The standard InChI is InChI=1S/C15H25N3O/c1-3-4-5-11-9(2)8-10-6-7-12-15(10,19)13(11)18-14(16)17-12/h9-10,12,19H,3-8H2,1-2H3,(H3,16,17,18)/t9-,10-,12-,15-/m0/s1. The van der Waals surface area contributed by atoms with E-state index < -0.39 is 5.60 Å². The van der Waals surface area contributed by atoms with E-state index in [1.54, 1.807) is 0 Å². The predicted molar refractivity (Wildman–Crippen MR) is 76.6 cm³/mol. The highest BCUT2D eigenvalue weighted by molar-refractivity contribution is 5.82. The number of aliphatic imine (C=N–C) groups is 1. The van der Waals surface area contributed by atoms with Crippen LogP contribution in [0.3, 0.4) is 0 Å². The molecule has 4 nitrogen and oxygen atoms in total. The second-order valence-electron chi connectivity index (χ2n) is 6.40. The molecule has 0 saturated heterocycles. The normalized spacial score (nSPS) is 40.8. The summed E-state index contributed by atoms with van der Waals surface area (Å²) in [6.45, 7) is 4.49. The molecule has 0 aromatic rings. The molecule has 0 spiro atoms. The maximum Gasteiger partial charge on any atom is 0.193 e. The Bertz CT molecular complexity index is 443. The summed E-state index contributed by atoms with van der Waals surface area (Å²) in [7, 11) is 0. The monoisotopic (exact) mass is 263 g/mol. The summed E-state index contributed by atoms with van der Waals surface area (Å²) in [4.78, 5) is 4.44. The number of hydrogen-bond acceptors (Lipinski definition) is 4. The zero-order valence-electron chi connectivity index (χ0n) is 11.9. The van der Waals surface area contributed by atoms with Gasteiger partial charge in [0.25, 0.3) is 0 Å². The lowest BCUT2D eigenvalue weighted by Gasteiger charge is -2.46. The number of guanidine groups is 1. The van der Waals surface area contributed by atoms with Crippen LogP contribution >= 0.6 is 0 Å². The lowest BCUT2D eigenvalue weighted by atomic mass is 9.69. The Labute approximate surface area is 115 Å². The molecule has 106 valence electrons. The molecule has 4 N–H and O–H groups in total. The van der Waals surface area contributed by atoms with Crippen LogP contribution < -0.4 is 11.1 Å². The molecule has 0 aromatic carbocycles. The van der Waals surface area contributed by atoms with Crippen LogP contribution in [0.1, 0.15) is 52.4 Å². The molecule has 4 heteroatoms. The van der Waals surface area contributed by atoms with Crippen molar-refractivity contribution in [3.63, 3.8) is 0 Å². The van der Waals surface area contributed by atoms with Crippen molar-refractivity contribution in [3.05, 3.63) is 11.3 Å². The van der Waals surface area contributed by atoms with Crippen molar-refractivity contribution in [1.29, 1.82) is 0 Å². The highest BCUT2D eigenvalue weighted by Crippen LogP contribution is 2.52. The topological polar surface area (TPSA) is 70.6 Å². The van der Waals surface area contributed by atoms with Crippen molar-refractivity contribution in [2.75, 3.05) is 0 Å². The number of rotatable bonds is 3. The average Bonchev–Trinajstić information content (AvgIpc) is 2.67. The fraction of sp³-hybridized carbons (Fsp3) is 0.800. The second kappa shape index (κ2) is 4.51. The molecule has 0 aromatic heterocycles. The fourth-order valence-corrected chi connectivity index (χ4v) is 4.22. The summed E-state index contributed by atoms with van der Waals surface area (Å²) in [5.41, 5.74) is 7.53. The third-order valence-corrected chi connectivity index (χ3v) is 5.22. The first-order valence-corrected chi connectivity index (χ1v) is 7.63. The minimum absolute atomic E-state index is 0.0297. The van der Waals surface area contributed by atoms with E-state index in [4.69, 9.17) is 5.73 Å². The van der Waals surface area contributed by atoms with E-state index in [1.807, 2.05) is 0 Å². The zero-order valence-corrected chi connectivity index (χ0v) is 11.9. The highest BCUT2D eigenvalue weighted by Gasteiger charge is 2.57. The molecule has 1 saturated carbocycles. The Morgan fingerprint density at radius 1 is 1.47 bits per heavy atom. The quantitative estimate of drug-likeness (QED) is 0.728. The third kappa shape index (κ3) is 1.80. The van der Waals surface area contributed by atoms with E-state index in [0.717, 1.165) is 31.4 Å². The Hall–Kier alpha value is -1.03. The van der Waals surface area contributed by atoms with Crippen molar-refractivity contribution in [2.24, 2.45) is 22.6 Å². The first kappa shape index (κ1) is 13.0. The smallest absolute Gasteiger partial charge is 0.193 e. The van der Waals surface area contributed by atoms with Crippen LogP contribution in [0.5, 0.6) is 0 Å². The van der Waals surface area contributed by atoms with Gasteiger partial charge < -0.3 is 16.2 Å². The number of unbranched alkanes of at least 4 members (excludes halogenated alkanes) is 1. The summed E-state index contributed by atoms with van der Waals surface area (Å²) in [6, 6.07) is -0.0297. The van der Waals surface area contributed by atoms with E-state index in [0.29, 0.717) is 17.8 Å². The van der Waals surface area contributed by atoms with Gasteiger partial charge in [0.1, 0.15) is 5.60 Å². The van der Waals surface area contributed by atoms with Gasteiger partial charge in [0.15, 0.2) is 5.96 Å². The lowest BCUT2D eigenvalue weighted by Crippen LogP contribution is -2.58. The van der Waals surface area contributed by atoms with Crippen LogP contribution in [0.4, 0.5) is 0 Å². The van der Waals surface area contributed by atoms with Gasteiger partial charge in [-0.2, -0.15) is 0 Å². The first-order chi connectivity index (χ1) is 9.07. The Kier molecular flexibility index (Phi) is 3.08. The molecule has 0 amide bonds. The molecular formula is C15H25N3O. The number of nitrogens with one attached hydrogen (secondary N) is 1. The molecule has 0 unspecified atom stereocenters. The molecule has 4 atom stereocenters. The molecule has 2 aliphatic carbocycles. The Balaban J connectivity index is 2.05. The Morgan fingerprint density at radius 2 is 2.26 bits per heavy atom. The van der Waals surface area contributed by atoms with Gasteiger partial charge in [0.2, 0.25) is 0 Å². The van der Waals surface area contributed by atoms with Crippen LogP contribution in [0.2, 0.25) is 0 Å². The zero-order chi connectivity index (χ0) is 13.6. The third-order valence-electron chi connectivity index (χ3n) is 5.22. The molecular weight excluding hydrogens is 238 g/mol. The average molecular weight is 263 g/mol. The van der Waals surface area contributed by atoms with Crippen molar-refractivity contribution in [3.8, 4) is 0 Å². The summed E-state index contributed by atoms with van der Waals surface area (Å²) in [6.07, 6.45) is 6.53. The summed E-state index contributed by atoms with van der Waals surface area (Å²) < 4.78 is 0. The summed E-state index contributed by atoms with van der Waals surface area (Å²) >= 11 is 0. The van der Waals surface area contributed by atoms with Crippen molar-refractivity contribution < 1.29 is 5.11 Å². The number of aliphatic hydroxyl groups is 1. The van der Waals surface area contributed by atoms with E-state index >= 15 is 0 Å². The number of hydrogen-bond donors (Lipinski definition) is 3. The first-order valence-electron chi connectivity index (χ1n) is 7.63. The number of nitrogens with zero attached hydrogens (tertiary/aromatic N) is 1. The SMILES string of the molecule is CCCCC1=C2NC(N)=N[C@H]3CC[C@@H](C[C@@H]1C)[C@@]23O. The van der Waals surface area contributed by atoms with E-state index in [2.05, 4.69) is 24.2 Å². The van der Waals surface area contributed by atoms with Crippen molar-refractivity contribution in [1.82, 2.24) is 5.32 Å². The minimum Gasteiger partial charge on any atom is -0.381 e. The van der Waals surface area contributed by atoms with Crippen molar-refractivity contribution >= 4 is 5.96 Å². The maximum atomic E-state index is 11.2. The summed E-state index contributed by atoms with van der Waals surface area (Å²) in [5.74, 6) is 1.37. The minimum atomic E-state index is -0.765. The second-order valence-corrected chi connectivity index (χ2v) is 6.40. The van der Waals surface area contributed by atoms with E-state index in [1.165, 1.54) is 18.4 Å². The number of nitrogens with two attached hydrogens (primary N) is 1. The van der Waals surface area contributed by atoms with Gasteiger partial charge in [-0.3, -0.25) is 0 Å². The van der Waals surface area contributed by atoms with Crippen LogP contribution in [-0.4, -0.2) is 22.7 Å². The highest BCUT2D eigenvalue weighted by atomic mass is 16.3. The largest absolute Gasteiger partial charge is 0.381 e. The molecule has 3 aliphatic rings. The molecule has 3 rings (SSSR count). The van der Waals surface area contributed by atoms with Gasteiger partial charge in [-0.15, -0.1) is 0 Å². The van der Waals surface area contributed by atoms with Gasteiger partial charge in [0, 0.05) is 0 Å². The molecule has 1 fully saturated rings. The van der Waals surface area contributed by atoms with Crippen LogP contribution in [-0.2, 0) is 0 Å². The molecule has 1 heterocycles. The maximum absolute atomic E-state index is 11.2. The number of allylic oxidation sites excluding steroid dienone is 1. The molecule has 19 heavy (non-hydrogen) atoms. The summed E-state index contributed by atoms with van der Waals surface area (Å²) in [5, 5.41) is 14.4. The van der Waals surface area contributed by atoms with Gasteiger partial charge in [0.05, 0.1) is 11.7 Å². The molecule has 0 radical (unpaired) electrons. The van der Waals surface area contributed by atoms with Gasteiger partial charge in [-0.1, -0.05) is 20.3 Å². The van der Waals surface area contributed by atoms with E-state index in [-0.39, 0.29) is 6.04 Å².